The lowest BCUT2D eigenvalue weighted by Crippen LogP contribution is -2.44. The number of amides is 2. The molecular formula is C29H29ClN4O2S2. The van der Waals surface area contributed by atoms with Crippen LogP contribution in [0.15, 0.2) is 66.0 Å². The van der Waals surface area contributed by atoms with Crippen molar-refractivity contribution >= 4 is 52.3 Å². The highest BCUT2D eigenvalue weighted by Gasteiger charge is 2.38. The van der Waals surface area contributed by atoms with E-state index in [1.807, 2.05) is 91.5 Å². The number of nitrogens with zero attached hydrogens (tertiary/aromatic N) is 3. The number of nitrogens with one attached hydrogen (secondary N) is 1. The molecule has 4 aromatic rings. The molecule has 3 heterocycles. The van der Waals surface area contributed by atoms with Gasteiger partial charge in [0.1, 0.15) is 18.1 Å². The molecule has 38 heavy (non-hydrogen) atoms. The molecular weight excluding hydrogens is 536 g/mol. The van der Waals surface area contributed by atoms with E-state index in [1.165, 1.54) is 11.8 Å². The molecule has 1 aliphatic heterocycles. The van der Waals surface area contributed by atoms with E-state index >= 15 is 0 Å². The van der Waals surface area contributed by atoms with Crippen LogP contribution in [0.3, 0.4) is 0 Å². The first kappa shape index (κ1) is 26.5. The van der Waals surface area contributed by atoms with E-state index in [4.69, 9.17) is 16.7 Å². The second-order valence-electron chi connectivity index (χ2n) is 9.41. The standard InChI is InChI=1S/C29H29ClN4O2S2/c1-4-19(3)31-24(35)16-33-25(36)17-38-28(20-7-5-8-21(30)15-20)26-27(23-9-6-14-37-23)32-34(29(26)33)22-12-10-18(2)11-13-22/h5-15,19,28H,4,16-17H2,1-3H3,(H,31,35)/t19-,28-/m1/s1. The van der Waals surface area contributed by atoms with Crippen LogP contribution in [-0.2, 0) is 9.59 Å². The van der Waals surface area contributed by atoms with Crippen LogP contribution >= 0.6 is 34.7 Å². The summed E-state index contributed by atoms with van der Waals surface area (Å²) in [5.74, 6) is 0.516. The van der Waals surface area contributed by atoms with Gasteiger partial charge in [0.15, 0.2) is 0 Å². The summed E-state index contributed by atoms with van der Waals surface area (Å²) in [7, 11) is 0. The fourth-order valence-electron chi connectivity index (χ4n) is 4.48. The van der Waals surface area contributed by atoms with Gasteiger partial charge in [0.25, 0.3) is 0 Å². The van der Waals surface area contributed by atoms with Gasteiger partial charge in [-0.25, -0.2) is 4.68 Å². The second-order valence-corrected chi connectivity index (χ2v) is 11.9. The molecule has 2 aromatic carbocycles. The summed E-state index contributed by atoms with van der Waals surface area (Å²) in [5, 5.41) is 10.6. The SMILES string of the molecule is CC[C@@H](C)NC(=O)CN1C(=O)CS[C@H](c2cccc(Cl)c2)c2c(-c3cccs3)nn(-c3ccc(C)cc3)c21. The summed E-state index contributed by atoms with van der Waals surface area (Å²) in [6, 6.07) is 19.8. The first-order chi connectivity index (χ1) is 18.4. The molecule has 9 heteroatoms. The van der Waals surface area contributed by atoms with E-state index in [2.05, 4.69) is 5.32 Å². The fraction of sp³-hybridized carbons (Fsp3) is 0.276. The van der Waals surface area contributed by atoms with Crippen LogP contribution in [0.4, 0.5) is 5.82 Å². The van der Waals surface area contributed by atoms with Gasteiger partial charge >= 0.3 is 0 Å². The highest BCUT2D eigenvalue weighted by Crippen LogP contribution is 2.49. The van der Waals surface area contributed by atoms with Crippen molar-refractivity contribution in [1.29, 1.82) is 0 Å². The molecule has 196 valence electrons. The Labute approximate surface area is 236 Å². The van der Waals surface area contributed by atoms with E-state index in [0.717, 1.165) is 39.4 Å². The summed E-state index contributed by atoms with van der Waals surface area (Å²) in [6.45, 7) is 5.93. The average Bonchev–Trinajstić information content (AvgIpc) is 3.54. The molecule has 0 saturated carbocycles. The minimum atomic E-state index is -0.202. The highest BCUT2D eigenvalue weighted by molar-refractivity contribution is 8.00. The number of hydrogen-bond acceptors (Lipinski definition) is 5. The number of rotatable bonds is 7. The molecule has 0 unspecified atom stereocenters. The number of fused-ring (bicyclic) bond motifs is 1. The van der Waals surface area contributed by atoms with Gasteiger partial charge in [-0.1, -0.05) is 54.4 Å². The Morgan fingerprint density at radius 2 is 1.97 bits per heavy atom. The van der Waals surface area contributed by atoms with Crippen molar-refractivity contribution in [1.82, 2.24) is 15.1 Å². The predicted molar refractivity (Wildman–Crippen MR) is 158 cm³/mol. The third-order valence-corrected chi connectivity index (χ3v) is 8.96. The van der Waals surface area contributed by atoms with Crippen LogP contribution in [0, 0.1) is 6.92 Å². The number of benzene rings is 2. The first-order valence-corrected chi connectivity index (χ1v) is 14.9. The van der Waals surface area contributed by atoms with Crippen molar-refractivity contribution in [2.24, 2.45) is 0 Å². The molecule has 5 rings (SSSR count). The molecule has 0 fully saturated rings. The Bertz CT molecular complexity index is 1450. The molecule has 1 aliphatic rings. The number of thioether (sulfide) groups is 1. The van der Waals surface area contributed by atoms with Gasteiger partial charge in [-0.05, 0) is 61.5 Å². The van der Waals surface area contributed by atoms with Gasteiger partial charge in [0, 0.05) is 16.6 Å². The van der Waals surface area contributed by atoms with Gasteiger partial charge in [-0.3, -0.25) is 14.5 Å². The van der Waals surface area contributed by atoms with Crippen molar-refractivity contribution in [3.63, 3.8) is 0 Å². The number of anilines is 1. The van der Waals surface area contributed by atoms with Crippen molar-refractivity contribution in [3.05, 3.63) is 87.8 Å². The third-order valence-electron chi connectivity index (χ3n) is 6.60. The first-order valence-electron chi connectivity index (χ1n) is 12.6. The maximum atomic E-state index is 13.7. The third kappa shape index (κ3) is 5.39. The van der Waals surface area contributed by atoms with Crippen LogP contribution in [-0.4, -0.2) is 39.9 Å². The van der Waals surface area contributed by atoms with Gasteiger partial charge in [0.2, 0.25) is 11.8 Å². The van der Waals surface area contributed by atoms with E-state index in [1.54, 1.807) is 16.2 Å². The molecule has 2 atom stereocenters. The van der Waals surface area contributed by atoms with E-state index in [0.29, 0.717) is 10.8 Å². The molecule has 2 aromatic heterocycles. The lowest BCUT2D eigenvalue weighted by atomic mass is 10.0. The number of aryl methyl sites for hydroxylation is 1. The van der Waals surface area contributed by atoms with E-state index in [-0.39, 0.29) is 35.4 Å². The quantitative estimate of drug-likeness (QED) is 0.273. The Balaban J connectivity index is 1.76. The highest BCUT2D eigenvalue weighted by atomic mass is 35.5. The van der Waals surface area contributed by atoms with Gasteiger partial charge < -0.3 is 5.32 Å². The summed E-state index contributed by atoms with van der Waals surface area (Å²) in [5.41, 5.74) is 4.64. The number of halogens is 1. The average molecular weight is 565 g/mol. The van der Waals surface area contributed by atoms with Crippen molar-refractivity contribution in [2.45, 2.75) is 38.5 Å². The number of carbonyl (C=O) groups is 2. The molecule has 1 N–H and O–H groups in total. The summed E-state index contributed by atoms with van der Waals surface area (Å²) < 4.78 is 1.82. The molecule has 0 spiro atoms. The van der Waals surface area contributed by atoms with Gasteiger partial charge in [-0.15, -0.1) is 23.1 Å². The summed E-state index contributed by atoms with van der Waals surface area (Å²) in [4.78, 5) is 29.4. The van der Waals surface area contributed by atoms with Gasteiger partial charge in [-0.2, -0.15) is 5.10 Å². The Morgan fingerprint density at radius 3 is 2.66 bits per heavy atom. The van der Waals surface area contributed by atoms with Gasteiger partial charge in [0.05, 0.1) is 21.6 Å². The monoisotopic (exact) mass is 564 g/mol. The second kappa shape index (κ2) is 11.4. The number of thiophene rings is 1. The van der Waals surface area contributed by atoms with E-state index in [9.17, 15) is 9.59 Å². The van der Waals surface area contributed by atoms with Crippen molar-refractivity contribution < 1.29 is 9.59 Å². The molecule has 6 nitrogen and oxygen atoms in total. The minimum absolute atomic E-state index is 0.0151. The molecule has 2 amide bonds. The zero-order valence-electron chi connectivity index (χ0n) is 21.5. The summed E-state index contributed by atoms with van der Waals surface area (Å²) >= 11 is 9.56. The number of carbonyl (C=O) groups excluding carboxylic acids is 2. The van der Waals surface area contributed by atoms with E-state index < -0.39 is 0 Å². The molecule has 0 bridgehead atoms. The zero-order valence-corrected chi connectivity index (χ0v) is 23.9. The smallest absolute Gasteiger partial charge is 0.240 e. The van der Waals surface area contributed by atoms with Crippen LogP contribution < -0.4 is 10.2 Å². The number of aromatic nitrogens is 2. The largest absolute Gasteiger partial charge is 0.352 e. The maximum Gasteiger partial charge on any atom is 0.240 e. The normalized spacial score (nSPS) is 16.2. The van der Waals surface area contributed by atoms with Crippen LogP contribution in [0.1, 0.15) is 42.2 Å². The van der Waals surface area contributed by atoms with Crippen LogP contribution in [0.5, 0.6) is 0 Å². The Morgan fingerprint density at radius 1 is 1.18 bits per heavy atom. The molecule has 0 radical (unpaired) electrons. The van der Waals surface area contributed by atoms with Crippen molar-refractivity contribution in [3.8, 4) is 16.3 Å². The van der Waals surface area contributed by atoms with Crippen molar-refractivity contribution in [2.75, 3.05) is 17.2 Å². The molecule has 0 saturated heterocycles. The predicted octanol–water partition coefficient (Wildman–Crippen LogP) is 6.65. The minimum Gasteiger partial charge on any atom is -0.352 e. The summed E-state index contributed by atoms with van der Waals surface area (Å²) in [6.07, 6.45) is 0.807. The lowest BCUT2D eigenvalue weighted by molar-refractivity contribution is -0.123. The van der Waals surface area contributed by atoms with Crippen LogP contribution in [0.2, 0.25) is 5.02 Å². The topological polar surface area (TPSA) is 67.2 Å². The fourth-order valence-corrected chi connectivity index (χ4v) is 6.59. The Hall–Kier alpha value is -3.07. The zero-order chi connectivity index (χ0) is 26.8. The maximum absolute atomic E-state index is 13.7. The molecule has 0 aliphatic carbocycles. The lowest BCUT2D eigenvalue weighted by Gasteiger charge is -2.24. The Kier molecular flexibility index (Phi) is 7.93. The number of hydrogen-bond donors (Lipinski definition) is 1. The van der Waals surface area contributed by atoms with Crippen LogP contribution in [0.25, 0.3) is 16.3 Å².